The number of hydrogen-bond donors (Lipinski definition) is 5. The van der Waals surface area contributed by atoms with Gasteiger partial charge in [-0.2, -0.15) is 0 Å². The van der Waals surface area contributed by atoms with Crippen molar-refractivity contribution >= 4 is 17.5 Å². The average molecular weight is 438 g/mol. The highest BCUT2D eigenvalue weighted by atomic mass is 35.5. The largest absolute Gasteiger partial charge is 0.394 e. The first kappa shape index (κ1) is 22.6. The molecular formula is C21H24ClNO7. The van der Waals surface area contributed by atoms with Crippen LogP contribution >= 0.6 is 11.6 Å². The lowest BCUT2D eigenvalue weighted by Gasteiger charge is -2.25. The summed E-state index contributed by atoms with van der Waals surface area (Å²) in [6.45, 7) is -0.564. The maximum Gasteiger partial charge on any atom is 0.248 e. The lowest BCUT2D eigenvalue weighted by atomic mass is 10.0. The van der Waals surface area contributed by atoms with Gasteiger partial charge in [-0.1, -0.05) is 35.9 Å². The molecule has 2 aromatic carbocycles. The zero-order chi connectivity index (χ0) is 21.8. The van der Waals surface area contributed by atoms with Crippen LogP contribution in [0.15, 0.2) is 42.5 Å². The van der Waals surface area contributed by atoms with Crippen LogP contribution < -0.4 is 5.73 Å². The van der Waals surface area contributed by atoms with Gasteiger partial charge in [0.2, 0.25) is 5.91 Å². The van der Waals surface area contributed by atoms with Crippen LogP contribution in [0.2, 0.25) is 5.02 Å². The number of rotatable bonds is 6. The van der Waals surface area contributed by atoms with Crippen LogP contribution in [0.3, 0.4) is 0 Å². The molecule has 0 radical (unpaired) electrons. The van der Waals surface area contributed by atoms with E-state index in [1.807, 2.05) is 6.07 Å². The van der Waals surface area contributed by atoms with Crippen molar-refractivity contribution in [2.24, 2.45) is 5.73 Å². The molecule has 30 heavy (non-hydrogen) atoms. The van der Waals surface area contributed by atoms with Crippen molar-refractivity contribution in [3.8, 4) is 11.1 Å². The lowest BCUT2D eigenvalue weighted by molar-refractivity contribution is -0.118. The van der Waals surface area contributed by atoms with E-state index < -0.39 is 43.0 Å². The van der Waals surface area contributed by atoms with E-state index in [9.17, 15) is 25.2 Å². The van der Waals surface area contributed by atoms with Gasteiger partial charge in [0.05, 0.1) is 19.8 Å². The van der Waals surface area contributed by atoms with E-state index in [1.54, 1.807) is 36.4 Å². The molecule has 0 unspecified atom stereocenters. The molecule has 0 aromatic heterocycles. The first-order valence-corrected chi connectivity index (χ1v) is 9.76. The Balaban J connectivity index is 1.68. The number of aliphatic hydroxyl groups excluding tert-OH is 4. The van der Waals surface area contributed by atoms with Crippen molar-refractivity contribution in [1.82, 2.24) is 0 Å². The molecular weight excluding hydrogens is 414 g/mol. The van der Waals surface area contributed by atoms with Gasteiger partial charge in [-0.3, -0.25) is 4.79 Å². The van der Waals surface area contributed by atoms with Crippen molar-refractivity contribution in [1.29, 1.82) is 0 Å². The number of aliphatic hydroxyl groups is 4. The van der Waals surface area contributed by atoms with Crippen LogP contribution in [0.1, 0.15) is 15.9 Å². The summed E-state index contributed by atoms with van der Waals surface area (Å²) < 4.78 is 11.0. The third kappa shape index (κ3) is 4.98. The molecule has 1 aliphatic heterocycles. The third-order valence-electron chi connectivity index (χ3n) is 5.12. The topological polar surface area (TPSA) is 142 Å². The second kappa shape index (κ2) is 9.84. The Morgan fingerprint density at radius 3 is 2.33 bits per heavy atom. The quantitative estimate of drug-likeness (QED) is 0.442. The fourth-order valence-corrected chi connectivity index (χ4v) is 3.47. The fraction of sp³-hybridized carbons (Fsp3) is 0.381. The molecule has 9 heteroatoms. The molecule has 1 heterocycles. The van der Waals surface area contributed by atoms with Crippen molar-refractivity contribution < 1.29 is 34.7 Å². The summed E-state index contributed by atoms with van der Waals surface area (Å²) in [5, 5.41) is 39.9. The van der Waals surface area contributed by atoms with Crippen molar-refractivity contribution in [2.45, 2.75) is 37.1 Å². The maximum atomic E-state index is 11.2. The number of ether oxygens (including phenoxy) is 2. The zero-order valence-electron chi connectivity index (χ0n) is 16.0. The monoisotopic (exact) mass is 437 g/mol. The van der Waals surface area contributed by atoms with E-state index in [4.69, 9.17) is 26.8 Å². The molecule has 2 aromatic rings. The lowest BCUT2D eigenvalue weighted by Crippen LogP contribution is -2.47. The molecule has 0 saturated carbocycles. The first-order chi connectivity index (χ1) is 14.3. The molecule has 0 aliphatic carbocycles. The number of amides is 1. The zero-order valence-corrected chi connectivity index (χ0v) is 16.8. The van der Waals surface area contributed by atoms with Gasteiger partial charge in [-0.25, -0.2) is 0 Å². The highest BCUT2D eigenvalue weighted by Gasteiger charge is 2.40. The van der Waals surface area contributed by atoms with Gasteiger partial charge in [0.15, 0.2) is 0 Å². The molecule has 1 saturated heterocycles. The summed E-state index contributed by atoms with van der Waals surface area (Å²) in [7, 11) is 0. The Morgan fingerprint density at radius 1 is 1.07 bits per heavy atom. The van der Waals surface area contributed by atoms with Gasteiger partial charge in [-0.15, -0.1) is 0 Å². The minimum absolute atomic E-state index is 0.0391. The van der Waals surface area contributed by atoms with Crippen LogP contribution in [0, 0.1) is 0 Å². The van der Waals surface area contributed by atoms with Gasteiger partial charge in [-0.05, 0) is 34.9 Å². The van der Waals surface area contributed by atoms with Crippen LogP contribution in [0.5, 0.6) is 0 Å². The number of primary amides is 1. The van der Waals surface area contributed by atoms with E-state index >= 15 is 0 Å². The Hall–Kier alpha value is -2.04. The van der Waals surface area contributed by atoms with Gasteiger partial charge < -0.3 is 35.6 Å². The number of carbonyl (C=O) groups is 1. The number of nitrogens with two attached hydrogens (primary N) is 1. The molecule has 6 N–H and O–H groups in total. The Kier molecular flexibility index (Phi) is 7.43. The Labute approximate surface area is 178 Å². The second-order valence-electron chi connectivity index (χ2n) is 7.12. The number of benzene rings is 2. The summed E-state index contributed by atoms with van der Waals surface area (Å²) in [5.41, 5.74) is 8.00. The average Bonchev–Trinajstić information content (AvgIpc) is 2.84. The van der Waals surface area contributed by atoms with E-state index in [0.717, 1.165) is 11.1 Å². The summed E-state index contributed by atoms with van der Waals surface area (Å²) in [6, 6.07) is 12.2. The standard InChI is InChI=1S/C21H24ClNO7/c22-15-7-13(11-1-3-12(4-2-11)21(23)28)5-6-14(15)9-29-17-10-30-16(8-24)18(25)20(27)19(17)26/h1-7,16-20,24-27H,8-10H2,(H2,23,28)/t16-,17+,18-,19-,20+/m1/s1. The van der Waals surface area contributed by atoms with Crippen LogP contribution in [-0.4, -0.2) is 70.1 Å². The van der Waals surface area contributed by atoms with Crippen molar-refractivity contribution in [2.75, 3.05) is 13.2 Å². The minimum atomic E-state index is -1.52. The molecule has 1 amide bonds. The smallest absolute Gasteiger partial charge is 0.248 e. The highest BCUT2D eigenvalue weighted by Crippen LogP contribution is 2.27. The predicted octanol–water partition coefficient (Wildman–Crippen LogP) is 0.465. The van der Waals surface area contributed by atoms with E-state index in [0.29, 0.717) is 16.1 Å². The summed E-state index contributed by atoms with van der Waals surface area (Å²) >= 11 is 6.37. The van der Waals surface area contributed by atoms with E-state index in [-0.39, 0.29) is 13.2 Å². The van der Waals surface area contributed by atoms with Crippen LogP contribution in [-0.2, 0) is 16.1 Å². The van der Waals surface area contributed by atoms with Crippen LogP contribution in [0.25, 0.3) is 11.1 Å². The SMILES string of the molecule is NC(=O)c1ccc(-c2ccc(CO[C@H]3CO[C@H](CO)[C@@H](O)[C@H](O)[C@@H]3O)c(Cl)c2)cc1. The summed E-state index contributed by atoms with van der Waals surface area (Å²) in [4.78, 5) is 11.2. The van der Waals surface area contributed by atoms with Crippen molar-refractivity contribution in [3.05, 3.63) is 58.6 Å². The van der Waals surface area contributed by atoms with Gasteiger partial charge in [0.25, 0.3) is 0 Å². The van der Waals surface area contributed by atoms with Gasteiger partial charge >= 0.3 is 0 Å². The van der Waals surface area contributed by atoms with E-state index in [2.05, 4.69) is 0 Å². The molecule has 5 atom stereocenters. The fourth-order valence-electron chi connectivity index (χ4n) is 3.23. The first-order valence-electron chi connectivity index (χ1n) is 9.38. The summed E-state index contributed by atoms with van der Waals surface area (Å²) in [5.74, 6) is -0.500. The molecule has 0 spiro atoms. The third-order valence-corrected chi connectivity index (χ3v) is 5.48. The second-order valence-corrected chi connectivity index (χ2v) is 7.53. The molecule has 1 aliphatic rings. The van der Waals surface area contributed by atoms with E-state index in [1.165, 1.54) is 0 Å². The molecule has 8 nitrogen and oxygen atoms in total. The molecule has 0 bridgehead atoms. The molecule has 1 fully saturated rings. The molecule has 162 valence electrons. The van der Waals surface area contributed by atoms with Gasteiger partial charge in [0, 0.05) is 10.6 Å². The molecule has 3 rings (SSSR count). The minimum Gasteiger partial charge on any atom is -0.394 e. The van der Waals surface area contributed by atoms with Crippen LogP contribution in [0.4, 0.5) is 0 Å². The predicted molar refractivity (Wildman–Crippen MR) is 109 cm³/mol. The Morgan fingerprint density at radius 2 is 1.73 bits per heavy atom. The number of halogens is 1. The Bertz CT molecular complexity index is 876. The summed E-state index contributed by atoms with van der Waals surface area (Å²) in [6.07, 6.45) is -6.26. The highest BCUT2D eigenvalue weighted by molar-refractivity contribution is 6.31. The number of hydrogen-bond acceptors (Lipinski definition) is 7. The van der Waals surface area contributed by atoms with Crippen molar-refractivity contribution in [3.63, 3.8) is 0 Å². The normalized spacial score (nSPS) is 26.9. The van der Waals surface area contributed by atoms with Gasteiger partial charge in [0.1, 0.15) is 30.5 Å². The maximum absolute atomic E-state index is 11.2. The number of carbonyl (C=O) groups excluding carboxylic acids is 1.